The van der Waals surface area contributed by atoms with Crippen LogP contribution < -0.4 is 0 Å². The average molecular weight is 670 g/mol. The number of benzene rings is 9. The van der Waals surface area contributed by atoms with Gasteiger partial charge < -0.3 is 0 Å². The second kappa shape index (κ2) is 10.6. The van der Waals surface area contributed by atoms with E-state index in [1.807, 2.05) is 0 Å². The highest BCUT2D eigenvalue weighted by molar-refractivity contribution is 6.25. The topological polar surface area (TPSA) is 12.9 Å². The predicted molar refractivity (Wildman–Crippen MR) is 221 cm³/mol. The molecule has 1 nitrogen and oxygen atoms in total. The lowest BCUT2D eigenvalue weighted by Crippen LogP contribution is -2.26. The number of pyridine rings is 1. The van der Waals surface area contributed by atoms with Gasteiger partial charge in [-0.25, -0.2) is 4.98 Å². The summed E-state index contributed by atoms with van der Waals surface area (Å²) in [7, 11) is 0. The van der Waals surface area contributed by atoms with E-state index in [4.69, 9.17) is 4.98 Å². The predicted octanol–water partition coefficient (Wildman–Crippen LogP) is 13.4. The number of aromatic nitrogens is 1. The minimum atomic E-state index is -0.431. The van der Waals surface area contributed by atoms with Crippen LogP contribution in [0.1, 0.15) is 22.3 Å². The van der Waals surface area contributed by atoms with E-state index < -0.39 is 5.41 Å². The van der Waals surface area contributed by atoms with E-state index >= 15 is 0 Å². The van der Waals surface area contributed by atoms with E-state index in [1.165, 1.54) is 93.2 Å². The van der Waals surface area contributed by atoms with Crippen molar-refractivity contribution in [2.75, 3.05) is 0 Å². The summed E-state index contributed by atoms with van der Waals surface area (Å²) in [5.74, 6) is 0. The maximum Gasteiger partial charge on any atom is 0.0788 e. The minimum absolute atomic E-state index is 0.431. The summed E-state index contributed by atoms with van der Waals surface area (Å²) in [6.07, 6.45) is 0. The first kappa shape index (κ1) is 28.8. The molecule has 0 unspecified atom stereocenters. The molecule has 244 valence electrons. The van der Waals surface area contributed by atoms with Crippen molar-refractivity contribution in [2.45, 2.75) is 5.41 Å². The van der Waals surface area contributed by atoms with Crippen LogP contribution in [0.25, 0.3) is 87.9 Å². The van der Waals surface area contributed by atoms with Crippen LogP contribution in [0.4, 0.5) is 0 Å². The van der Waals surface area contributed by atoms with Crippen molar-refractivity contribution in [1.82, 2.24) is 4.98 Å². The monoisotopic (exact) mass is 669 g/mol. The van der Waals surface area contributed by atoms with Crippen molar-refractivity contribution in [2.24, 2.45) is 0 Å². The molecule has 53 heavy (non-hydrogen) atoms. The van der Waals surface area contributed by atoms with Gasteiger partial charge in [-0.15, -0.1) is 0 Å². The van der Waals surface area contributed by atoms with Gasteiger partial charge >= 0.3 is 0 Å². The van der Waals surface area contributed by atoms with E-state index in [9.17, 15) is 0 Å². The minimum Gasteiger partial charge on any atom is -0.247 e. The third-order valence-electron chi connectivity index (χ3n) is 12.1. The molecule has 2 aliphatic carbocycles. The van der Waals surface area contributed by atoms with Gasteiger partial charge in [0.25, 0.3) is 0 Å². The normalized spacial score (nSPS) is 13.4. The van der Waals surface area contributed by atoms with E-state index in [0.29, 0.717) is 0 Å². The third-order valence-corrected chi connectivity index (χ3v) is 12.1. The highest BCUT2D eigenvalue weighted by Crippen LogP contribution is 2.64. The quantitative estimate of drug-likeness (QED) is 0.167. The Morgan fingerprint density at radius 2 is 0.698 bits per heavy atom. The van der Waals surface area contributed by atoms with Gasteiger partial charge in [0.1, 0.15) is 0 Å². The maximum atomic E-state index is 5.66. The Kier molecular flexibility index (Phi) is 5.77. The molecule has 9 aromatic carbocycles. The molecule has 10 aromatic rings. The van der Waals surface area contributed by atoms with Gasteiger partial charge in [-0.2, -0.15) is 0 Å². The van der Waals surface area contributed by atoms with Crippen LogP contribution in [-0.4, -0.2) is 4.98 Å². The molecule has 1 heteroatoms. The summed E-state index contributed by atoms with van der Waals surface area (Å²) in [5.41, 5.74) is 14.3. The average Bonchev–Trinajstić information content (AvgIpc) is 3.71. The Morgan fingerprint density at radius 1 is 0.283 bits per heavy atom. The van der Waals surface area contributed by atoms with Gasteiger partial charge in [-0.05, 0) is 82.7 Å². The van der Waals surface area contributed by atoms with Gasteiger partial charge in [0.15, 0.2) is 0 Å². The van der Waals surface area contributed by atoms with Crippen molar-refractivity contribution in [3.8, 4) is 44.8 Å². The molecule has 1 heterocycles. The molecule has 0 fully saturated rings. The molecule has 0 atom stereocenters. The van der Waals surface area contributed by atoms with Crippen LogP contribution in [0.2, 0.25) is 0 Å². The SMILES string of the molecule is c1ccc2c(c1)-c1ccccc1C21c2ccccc2-c2nc(-c3ccc(-c4ccc5c6ccccc6c6ccccc6c5c4)cc3)c3ccccc3c21. The number of hydrogen-bond donors (Lipinski definition) is 0. The molecule has 0 saturated heterocycles. The summed E-state index contributed by atoms with van der Waals surface area (Å²) in [4.78, 5) is 5.66. The third kappa shape index (κ3) is 3.73. The fourth-order valence-electron chi connectivity index (χ4n) is 9.91. The molecule has 0 aliphatic heterocycles. The number of rotatable bonds is 2. The van der Waals surface area contributed by atoms with Crippen LogP contribution in [0, 0.1) is 0 Å². The van der Waals surface area contributed by atoms with Crippen LogP contribution in [0.5, 0.6) is 0 Å². The van der Waals surface area contributed by atoms with Crippen molar-refractivity contribution >= 4 is 43.1 Å². The Morgan fingerprint density at radius 3 is 1.30 bits per heavy atom. The van der Waals surface area contributed by atoms with Crippen molar-refractivity contribution in [3.63, 3.8) is 0 Å². The van der Waals surface area contributed by atoms with Gasteiger partial charge in [0.05, 0.1) is 16.8 Å². The molecule has 1 aromatic heterocycles. The summed E-state index contributed by atoms with van der Waals surface area (Å²) >= 11 is 0. The Balaban J connectivity index is 1.06. The summed E-state index contributed by atoms with van der Waals surface area (Å²) < 4.78 is 0. The van der Waals surface area contributed by atoms with E-state index in [2.05, 4.69) is 188 Å². The van der Waals surface area contributed by atoms with Crippen LogP contribution >= 0.6 is 0 Å². The Labute approximate surface area is 307 Å². The lowest BCUT2D eigenvalue weighted by Gasteiger charge is -2.31. The zero-order chi connectivity index (χ0) is 34.7. The van der Waals surface area contributed by atoms with Crippen molar-refractivity contribution < 1.29 is 0 Å². The first-order valence-electron chi connectivity index (χ1n) is 18.5. The summed E-state index contributed by atoms with van der Waals surface area (Å²) in [6.45, 7) is 0. The lowest BCUT2D eigenvalue weighted by atomic mass is 9.69. The lowest BCUT2D eigenvalue weighted by molar-refractivity contribution is 0.799. The largest absolute Gasteiger partial charge is 0.247 e. The van der Waals surface area contributed by atoms with Crippen LogP contribution in [-0.2, 0) is 5.41 Å². The van der Waals surface area contributed by atoms with Gasteiger partial charge in [0.2, 0.25) is 0 Å². The fraction of sp³-hybridized carbons (Fsp3) is 0.0192. The van der Waals surface area contributed by atoms with Crippen molar-refractivity contribution in [3.05, 3.63) is 210 Å². The van der Waals surface area contributed by atoms with Gasteiger partial charge in [-0.3, -0.25) is 0 Å². The summed E-state index contributed by atoms with van der Waals surface area (Å²) in [5, 5.41) is 10.2. The van der Waals surface area contributed by atoms with Gasteiger partial charge in [-0.1, -0.05) is 182 Å². The first-order valence-corrected chi connectivity index (χ1v) is 18.5. The highest BCUT2D eigenvalue weighted by atomic mass is 14.8. The van der Waals surface area contributed by atoms with E-state index in [-0.39, 0.29) is 0 Å². The molecule has 2 aliphatic rings. The summed E-state index contributed by atoms with van der Waals surface area (Å²) in [6, 6.07) is 69.4. The molecule has 12 rings (SSSR count). The molecule has 0 saturated carbocycles. The van der Waals surface area contributed by atoms with E-state index in [0.717, 1.165) is 17.0 Å². The van der Waals surface area contributed by atoms with Crippen LogP contribution in [0.15, 0.2) is 188 Å². The number of nitrogens with zero attached hydrogens (tertiary/aromatic N) is 1. The molecule has 1 spiro atoms. The van der Waals surface area contributed by atoms with Gasteiger partial charge in [0, 0.05) is 22.1 Å². The molecule has 0 N–H and O–H groups in total. The maximum absolute atomic E-state index is 5.66. The van der Waals surface area contributed by atoms with Crippen LogP contribution in [0.3, 0.4) is 0 Å². The standard InChI is InChI=1S/C52H31N/c1-2-15-37-35(13-1)36-14-3-4-16-38(36)45-31-34(29-30-39(37)45)32-25-27-33(28-26-32)50-43-20-6-5-19-42(43)49-51(53-50)44-21-9-12-24-48(44)52(49)46-22-10-7-17-40(46)41-18-8-11-23-47(41)52/h1-31H. The smallest absolute Gasteiger partial charge is 0.0788 e. The molecular formula is C52H31N. The zero-order valence-corrected chi connectivity index (χ0v) is 28.8. The number of hydrogen-bond acceptors (Lipinski definition) is 1. The Hall–Kier alpha value is -6.83. The molecule has 0 amide bonds. The number of fused-ring (bicyclic) bond motifs is 18. The second-order valence-corrected chi connectivity index (χ2v) is 14.5. The second-order valence-electron chi connectivity index (χ2n) is 14.5. The first-order chi connectivity index (χ1) is 26.3. The van der Waals surface area contributed by atoms with E-state index in [1.54, 1.807) is 0 Å². The molecular weight excluding hydrogens is 639 g/mol. The zero-order valence-electron chi connectivity index (χ0n) is 28.8. The highest BCUT2D eigenvalue weighted by Gasteiger charge is 2.53. The molecule has 0 radical (unpaired) electrons. The Bertz CT molecular complexity index is 3090. The van der Waals surface area contributed by atoms with Crippen molar-refractivity contribution in [1.29, 1.82) is 0 Å². The molecule has 0 bridgehead atoms. The fourth-order valence-corrected chi connectivity index (χ4v) is 9.91.